The first-order chi connectivity index (χ1) is 12.5. The number of nitrogens with one attached hydrogen (secondary N) is 2. The summed E-state index contributed by atoms with van der Waals surface area (Å²) in [5.41, 5.74) is 0.847. The van der Waals surface area contributed by atoms with Crippen LogP contribution in [-0.4, -0.2) is 50.2 Å². The Balaban J connectivity index is 2.40. The summed E-state index contributed by atoms with van der Waals surface area (Å²) in [6, 6.07) is 6.96. The number of alkyl halides is 2. The molecule has 0 aliphatic carbocycles. The summed E-state index contributed by atoms with van der Waals surface area (Å²) in [5.74, 6) is 0.854. The molecule has 0 amide bonds. The highest BCUT2D eigenvalue weighted by atomic mass is 19.3. The molecule has 148 valence electrons. The number of ether oxygens (including phenoxy) is 1. The van der Waals surface area contributed by atoms with E-state index in [-0.39, 0.29) is 5.75 Å². The molecule has 26 heavy (non-hydrogen) atoms. The van der Waals surface area contributed by atoms with Gasteiger partial charge < -0.3 is 20.3 Å². The predicted octanol–water partition coefficient (Wildman–Crippen LogP) is 3.46. The summed E-state index contributed by atoms with van der Waals surface area (Å²) >= 11 is 0. The fourth-order valence-electron chi connectivity index (χ4n) is 2.68. The molecule has 1 atom stereocenters. The molecule has 5 nitrogen and oxygen atoms in total. The van der Waals surface area contributed by atoms with Crippen molar-refractivity contribution in [2.45, 2.75) is 52.8 Å². The van der Waals surface area contributed by atoms with Crippen LogP contribution in [0.3, 0.4) is 0 Å². The molecule has 1 aromatic carbocycles. The third kappa shape index (κ3) is 8.99. The van der Waals surface area contributed by atoms with Gasteiger partial charge in [-0.15, -0.1) is 0 Å². The summed E-state index contributed by atoms with van der Waals surface area (Å²) in [6.07, 6.45) is 2.18. The van der Waals surface area contributed by atoms with Gasteiger partial charge in [0.25, 0.3) is 0 Å². The smallest absolute Gasteiger partial charge is 0.387 e. The lowest BCUT2D eigenvalue weighted by molar-refractivity contribution is -0.0498. The topological polar surface area (TPSA) is 48.9 Å². The summed E-state index contributed by atoms with van der Waals surface area (Å²) in [7, 11) is 1.72. The number of benzene rings is 1. The number of nitrogens with zero attached hydrogens (tertiary/aromatic N) is 2. The maximum Gasteiger partial charge on any atom is 0.387 e. The van der Waals surface area contributed by atoms with Gasteiger partial charge in [0.1, 0.15) is 5.75 Å². The quantitative estimate of drug-likeness (QED) is 0.463. The summed E-state index contributed by atoms with van der Waals surface area (Å²) in [4.78, 5) is 6.63. The molecule has 7 heteroatoms. The van der Waals surface area contributed by atoms with Crippen LogP contribution in [0.15, 0.2) is 29.3 Å². The normalized spacial score (nSPS) is 13.2. The van der Waals surface area contributed by atoms with Crippen LogP contribution in [-0.2, 0) is 6.54 Å². The Morgan fingerprint density at radius 3 is 2.62 bits per heavy atom. The maximum atomic E-state index is 12.3. The van der Waals surface area contributed by atoms with Crippen molar-refractivity contribution in [2.24, 2.45) is 4.99 Å². The highest BCUT2D eigenvalue weighted by molar-refractivity contribution is 5.79. The third-order valence-corrected chi connectivity index (χ3v) is 4.20. The zero-order valence-electron chi connectivity index (χ0n) is 16.3. The van der Waals surface area contributed by atoms with E-state index >= 15 is 0 Å². The minimum atomic E-state index is -2.81. The fourth-order valence-corrected chi connectivity index (χ4v) is 2.68. The van der Waals surface area contributed by atoms with Gasteiger partial charge in [-0.25, -0.2) is 0 Å². The van der Waals surface area contributed by atoms with E-state index in [9.17, 15) is 8.78 Å². The van der Waals surface area contributed by atoms with Crippen molar-refractivity contribution in [1.82, 2.24) is 15.5 Å². The monoisotopic (exact) mass is 370 g/mol. The van der Waals surface area contributed by atoms with Gasteiger partial charge in [-0.2, -0.15) is 8.78 Å². The minimum Gasteiger partial charge on any atom is -0.435 e. The second kappa shape index (κ2) is 12.5. The average Bonchev–Trinajstić information content (AvgIpc) is 2.62. The molecule has 0 bridgehead atoms. The second-order valence-corrected chi connectivity index (χ2v) is 6.17. The SMILES string of the molecule is CCN(CC)CCCC(C)NC(=NC)NCc1cccc(OC(F)F)c1. The van der Waals surface area contributed by atoms with Crippen LogP contribution in [0.5, 0.6) is 5.75 Å². The highest BCUT2D eigenvalue weighted by Gasteiger charge is 2.08. The number of halogens is 2. The number of hydrogen-bond acceptors (Lipinski definition) is 3. The molecule has 0 saturated heterocycles. The Morgan fingerprint density at radius 2 is 2.00 bits per heavy atom. The zero-order valence-corrected chi connectivity index (χ0v) is 16.3. The highest BCUT2D eigenvalue weighted by Crippen LogP contribution is 2.15. The molecule has 1 unspecified atom stereocenters. The molecule has 1 aromatic rings. The van der Waals surface area contributed by atoms with E-state index in [4.69, 9.17) is 0 Å². The third-order valence-electron chi connectivity index (χ3n) is 4.20. The van der Waals surface area contributed by atoms with Gasteiger partial charge in [0.2, 0.25) is 0 Å². The van der Waals surface area contributed by atoms with Gasteiger partial charge in [0.15, 0.2) is 5.96 Å². The number of aliphatic imine (C=N–C) groups is 1. The Bertz CT molecular complexity index is 536. The van der Waals surface area contributed by atoms with Crippen molar-refractivity contribution < 1.29 is 13.5 Å². The van der Waals surface area contributed by atoms with E-state index in [1.165, 1.54) is 6.07 Å². The van der Waals surface area contributed by atoms with Crippen LogP contribution in [0.4, 0.5) is 8.78 Å². The van der Waals surface area contributed by atoms with E-state index in [0.717, 1.165) is 38.0 Å². The van der Waals surface area contributed by atoms with Gasteiger partial charge in [-0.1, -0.05) is 26.0 Å². The molecule has 0 aliphatic rings. The molecule has 0 radical (unpaired) electrons. The largest absolute Gasteiger partial charge is 0.435 e. The molecular formula is C19H32F2N4O. The van der Waals surface area contributed by atoms with Crippen molar-refractivity contribution >= 4 is 5.96 Å². The van der Waals surface area contributed by atoms with Crippen LogP contribution >= 0.6 is 0 Å². The van der Waals surface area contributed by atoms with E-state index in [2.05, 4.69) is 46.0 Å². The maximum absolute atomic E-state index is 12.3. The molecule has 0 aromatic heterocycles. The summed E-state index contributed by atoms with van der Waals surface area (Å²) in [5, 5.41) is 6.57. The van der Waals surface area contributed by atoms with Crippen LogP contribution in [0.25, 0.3) is 0 Å². The standard InChI is InChI=1S/C19H32F2N4O/c1-5-25(6-2)12-8-9-15(3)24-19(22-4)23-14-16-10-7-11-17(13-16)26-18(20)21/h7,10-11,13,15,18H,5-6,8-9,12,14H2,1-4H3,(H2,22,23,24). The van der Waals surface area contributed by atoms with Crippen LogP contribution in [0.1, 0.15) is 39.2 Å². The Morgan fingerprint density at radius 1 is 1.27 bits per heavy atom. The summed E-state index contributed by atoms with van der Waals surface area (Å²) < 4.78 is 29.0. The number of guanidine groups is 1. The lowest BCUT2D eigenvalue weighted by atomic mass is 10.2. The van der Waals surface area contributed by atoms with Gasteiger partial charge in [-0.3, -0.25) is 4.99 Å². The molecule has 0 spiro atoms. The first-order valence-electron chi connectivity index (χ1n) is 9.21. The van der Waals surface area contributed by atoms with Gasteiger partial charge in [-0.05, 0) is 57.1 Å². The number of rotatable bonds is 11. The Kier molecular flexibility index (Phi) is 10.6. The van der Waals surface area contributed by atoms with E-state index in [1.54, 1.807) is 19.2 Å². The molecule has 1 rings (SSSR count). The Hall–Kier alpha value is -1.89. The first kappa shape index (κ1) is 22.2. The second-order valence-electron chi connectivity index (χ2n) is 6.17. The molecule has 0 saturated carbocycles. The van der Waals surface area contributed by atoms with Crippen LogP contribution in [0, 0.1) is 0 Å². The average molecular weight is 370 g/mol. The number of hydrogen-bond donors (Lipinski definition) is 2. The molecule has 0 aliphatic heterocycles. The molecule has 0 fully saturated rings. The van der Waals surface area contributed by atoms with Crippen LogP contribution in [0.2, 0.25) is 0 Å². The minimum absolute atomic E-state index is 0.159. The van der Waals surface area contributed by atoms with Crippen molar-refractivity contribution in [3.05, 3.63) is 29.8 Å². The zero-order chi connectivity index (χ0) is 19.4. The predicted molar refractivity (Wildman–Crippen MR) is 103 cm³/mol. The lowest BCUT2D eigenvalue weighted by Gasteiger charge is -2.21. The van der Waals surface area contributed by atoms with Crippen molar-refractivity contribution in [2.75, 3.05) is 26.7 Å². The van der Waals surface area contributed by atoms with Crippen molar-refractivity contribution in [3.8, 4) is 5.75 Å². The fraction of sp³-hybridized carbons (Fsp3) is 0.632. The van der Waals surface area contributed by atoms with E-state index in [1.807, 2.05) is 6.07 Å². The first-order valence-corrected chi connectivity index (χ1v) is 9.21. The van der Waals surface area contributed by atoms with E-state index < -0.39 is 6.61 Å². The molecular weight excluding hydrogens is 338 g/mol. The van der Waals surface area contributed by atoms with Crippen LogP contribution < -0.4 is 15.4 Å². The van der Waals surface area contributed by atoms with Crippen molar-refractivity contribution in [1.29, 1.82) is 0 Å². The Labute approximate surface area is 155 Å². The van der Waals surface area contributed by atoms with Gasteiger partial charge in [0, 0.05) is 19.6 Å². The molecule has 0 heterocycles. The van der Waals surface area contributed by atoms with Gasteiger partial charge >= 0.3 is 6.61 Å². The van der Waals surface area contributed by atoms with Crippen molar-refractivity contribution in [3.63, 3.8) is 0 Å². The summed E-state index contributed by atoms with van der Waals surface area (Å²) in [6.45, 7) is 7.41. The van der Waals surface area contributed by atoms with Gasteiger partial charge in [0.05, 0.1) is 0 Å². The molecule has 2 N–H and O–H groups in total. The van der Waals surface area contributed by atoms with E-state index in [0.29, 0.717) is 18.5 Å². The lowest BCUT2D eigenvalue weighted by Crippen LogP contribution is -2.42.